The molecular weight excluding hydrogens is 302 g/mol. The van der Waals surface area contributed by atoms with Crippen LogP contribution in [0.5, 0.6) is 11.5 Å². The molecule has 0 saturated carbocycles. The summed E-state index contributed by atoms with van der Waals surface area (Å²) in [6, 6.07) is 13.3. The molecule has 2 aromatic rings. The van der Waals surface area contributed by atoms with Crippen molar-refractivity contribution in [1.29, 1.82) is 0 Å². The molecule has 0 bridgehead atoms. The van der Waals surface area contributed by atoms with E-state index in [2.05, 4.69) is 5.32 Å². The van der Waals surface area contributed by atoms with Crippen LogP contribution in [0.25, 0.3) is 6.08 Å². The van der Waals surface area contributed by atoms with E-state index in [0.29, 0.717) is 5.75 Å². The molecule has 0 aliphatic heterocycles. The Morgan fingerprint density at radius 3 is 2.42 bits per heavy atom. The first-order chi connectivity index (χ1) is 11.5. The van der Waals surface area contributed by atoms with Gasteiger partial charge < -0.3 is 14.8 Å². The van der Waals surface area contributed by atoms with Gasteiger partial charge >= 0.3 is 0 Å². The summed E-state index contributed by atoms with van der Waals surface area (Å²) in [5.74, 6) is 1.28. The fourth-order valence-corrected chi connectivity index (χ4v) is 2.37. The molecule has 0 saturated heterocycles. The van der Waals surface area contributed by atoms with Gasteiger partial charge in [-0.1, -0.05) is 29.8 Å². The summed E-state index contributed by atoms with van der Waals surface area (Å²) in [5.41, 5.74) is 3.05. The van der Waals surface area contributed by atoms with Crippen LogP contribution in [-0.2, 0) is 4.79 Å². The number of carbonyl (C=O) groups is 1. The van der Waals surface area contributed by atoms with Crippen molar-refractivity contribution in [2.45, 2.75) is 19.9 Å². The zero-order chi connectivity index (χ0) is 17.5. The lowest BCUT2D eigenvalue weighted by Crippen LogP contribution is -2.25. The van der Waals surface area contributed by atoms with Gasteiger partial charge in [-0.25, -0.2) is 0 Å². The third kappa shape index (κ3) is 4.62. The Bertz CT molecular complexity index is 720. The van der Waals surface area contributed by atoms with Crippen LogP contribution in [0.4, 0.5) is 0 Å². The number of carbonyl (C=O) groups excluding carboxylic acids is 1. The van der Waals surface area contributed by atoms with Crippen LogP contribution in [0, 0.1) is 6.92 Å². The van der Waals surface area contributed by atoms with Gasteiger partial charge in [-0.3, -0.25) is 4.79 Å². The van der Waals surface area contributed by atoms with E-state index >= 15 is 0 Å². The van der Waals surface area contributed by atoms with Crippen LogP contribution in [-0.4, -0.2) is 20.1 Å². The first kappa shape index (κ1) is 17.6. The lowest BCUT2D eigenvalue weighted by Gasteiger charge is -2.17. The van der Waals surface area contributed by atoms with Crippen molar-refractivity contribution >= 4 is 12.0 Å². The van der Waals surface area contributed by atoms with E-state index in [4.69, 9.17) is 9.47 Å². The van der Waals surface area contributed by atoms with Gasteiger partial charge in [-0.15, -0.1) is 0 Å². The van der Waals surface area contributed by atoms with Crippen LogP contribution in [0.1, 0.15) is 29.7 Å². The van der Waals surface area contributed by atoms with Crippen molar-refractivity contribution < 1.29 is 14.3 Å². The van der Waals surface area contributed by atoms with Crippen molar-refractivity contribution in [3.05, 3.63) is 65.2 Å². The van der Waals surface area contributed by atoms with Crippen LogP contribution < -0.4 is 14.8 Å². The number of rotatable bonds is 6. The standard InChI is InChI=1S/C20H23NO3/c1-14-5-7-16(8-6-14)9-12-20(22)21-15(2)18-13-17(23-3)10-11-19(18)24-4/h5-13,15H,1-4H3,(H,21,22)/b12-9+. The van der Waals surface area contributed by atoms with Gasteiger partial charge in [-0.05, 0) is 43.7 Å². The van der Waals surface area contributed by atoms with E-state index in [0.717, 1.165) is 16.9 Å². The molecule has 2 rings (SSSR count). The average Bonchev–Trinajstić information content (AvgIpc) is 2.60. The summed E-state index contributed by atoms with van der Waals surface area (Å²) in [4.78, 5) is 12.2. The first-order valence-electron chi connectivity index (χ1n) is 7.80. The molecule has 1 atom stereocenters. The molecule has 0 spiro atoms. The highest BCUT2D eigenvalue weighted by atomic mass is 16.5. The highest BCUT2D eigenvalue weighted by Crippen LogP contribution is 2.29. The fraction of sp³-hybridized carbons (Fsp3) is 0.250. The second kappa shape index (κ2) is 8.20. The van der Waals surface area contributed by atoms with Gasteiger partial charge in [0.1, 0.15) is 11.5 Å². The van der Waals surface area contributed by atoms with E-state index in [1.165, 1.54) is 11.6 Å². The molecule has 0 aliphatic carbocycles. The minimum atomic E-state index is -0.204. The summed E-state index contributed by atoms with van der Waals surface area (Å²) in [6.45, 7) is 3.94. The van der Waals surface area contributed by atoms with Gasteiger partial charge in [0.05, 0.1) is 20.3 Å². The van der Waals surface area contributed by atoms with Crippen LogP contribution in [0.15, 0.2) is 48.5 Å². The second-order valence-electron chi connectivity index (χ2n) is 5.58. The van der Waals surface area contributed by atoms with Crippen LogP contribution in [0.2, 0.25) is 0 Å². The predicted molar refractivity (Wildman–Crippen MR) is 96.3 cm³/mol. The average molecular weight is 325 g/mol. The molecule has 4 nitrogen and oxygen atoms in total. The van der Waals surface area contributed by atoms with Crippen molar-refractivity contribution in [1.82, 2.24) is 5.32 Å². The molecule has 0 aliphatic rings. The highest BCUT2D eigenvalue weighted by molar-refractivity contribution is 5.92. The summed E-state index contributed by atoms with van der Waals surface area (Å²) < 4.78 is 10.6. The molecule has 0 aromatic heterocycles. The lowest BCUT2D eigenvalue weighted by molar-refractivity contribution is -0.117. The maximum atomic E-state index is 12.2. The minimum absolute atomic E-state index is 0.159. The third-order valence-corrected chi connectivity index (χ3v) is 3.77. The Morgan fingerprint density at radius 1 is 1.08 bits per heavy atom. The Labute approximate surface area is 143 Å². The van der Waals surface area contributed by atoms with E-state index in [-0.39, 0.29) is 11.9 Å². The monoisotopic (exact) mass is 325 g/mol. The lowest BCUT2D eigenvalue weighted by atomic mass is 10.1. The number of ether oxygens (including phenoxy) is 2. The topological polar surface area (TPSA) is 47.6 Å². The normalized spacial score (nSPS) is 12.0. The summed E-state index contributed by atoms with van der Waals surface area (Å²) in [6.07, 6.45) is 3.33. The Hall–Kier alpha value is -2.75. The second-order valence-corrected chi connectivity index (χ2v) is 5.58. The molecule has 0 radical (unpaired) electrons. The SMILES string of the molecule is COc1ccc(OC)c(C(C)NC(=O)/C=C/c2ccc(C)cc2)c1. The zero-order valence-corrected chi connectivity index (χ0v) is 14.5. The van der Waals surface area contributed by atoms with E-state index in [1.54, 1.807) is 20.3 Å². The molecule has 1 amide bonds. The molecule has 24 heavy (non-hydrogen) atoms. The van der Waals surface area contributed by atoms with Gasteiger partial charge in [0.2, 0.25) is 5.91 Å². The Balaban J connectivity index is 2.07. The Morgan fingerprint density at radius 2 is 1.79 bits per heavy atom. The van der Waals surface area contributed by atoms with Crippen molar-refractivity contribution in [2.75, 3.05) is 14.2 Å². The predicted octanol–water partition coefficient (Wildman–Crippen LogP) is 3.90. The number of aryl methyl sites for hydroxylation is 1. The number of benzene rings is 2. The van der Waals surface area contributed by atoms with E-state index in [9.17, 15) is 4.79 Å². The van der Waals surface area contributed by atoms with Gasteiger partial charge in [-0.2, -0.15) is 0 Å². The number of methoxy groups -OCH3 is 2. The number of amides is 1. The smallest absolute Gasteiger partial charge is 0.244 e. The van der Waals surface area contributed by atoms with E-state index < -0.39 is 0 Å². The molecule has 0 fully saturated rings. The van der Waals surface area contributed by atoms with Crippen molar-refractivity contribution in [3.63, 3.8) is 0 Å². The van der Waals surface area contributed by atoms with Gasteiger partial charge in [0.15, 0.2) is 0 Å². The molecule has 1 N–H and O–H groups in total. The quantitative estimate of drug-likeness (QED) is 0.819. The summed E-state index contributed by atoms with van der Waals surface area (Å²) in [7, 11) is 3.22. The summed E-state index contributed by atoms with van der Waals surface area (Å²) in [5, 5.41) is 2.94. The molecule has 2 aromatic carbocycles. The molecule has 1 unspecified atom stereocenters. The van der Waals surface area contributed by atoms with Crippen LogP contribution in [0.3, 0.4) is 0 Å². The third-order valence-electron chi connectivity index (χ3n) is 3.77. The first-order valence-corrected chi connectivity index (χ1v) is 7.80. The minimum Gasteiger partial charge on any atom is -0.497 e. The van der Waals surface area contributed by atoms with Crippen molar-refractivity contribution in [2.24, 2.45) is 0 Å². The molecular formula is C20H23NO3. The number of nitrogens with one attached hydrogen (secondary N) is 1. The maximum Gasteiger partial charge on any atom is 0.244 e. The van der Waals surface area contributed by atoms with Gasteiger partial charge in [0, 0.05) is 11.6 Å². The van der Waals surface area contributed by atoms with Gasteiger partial charge in [0.25, 0.3) is 0 Å². The Kier molecular flexibility index (Phi) is 6.01. The molecule has 126 valence electrons. The summed E-state index contributed by atoms with van der Waals surface area (Å²) >= 11 is 0. The number of hydrogen-bond acceptors (Lipinski definition) is 3. The highest BCUT2D eigenvalue weighted by Gasteiger charge is 2.14. The zero-order valence-electron chi connectivity index (χ0n) is 14.5. The van der Waals surface area contributed by atoms with E-state index in [1.807, 2.05) is 56.3 Å². The van der Waals surface area contributed by atoms with Crippen LogP contribution >= 0.6 is 0 Å². The molecule has 4 heteroatoms. The largest absolute Gasteiger partial charge is 0.497 e. The fourth-order valence-electron chi connectivity index (χ4n) is 2.37. The molecule has 0 heterocycles. The number of hydrogen-bond donors (Lipinski definition) is 1. The van der Waals surface area contributed by atoms with Crippen molar-refractivity contribution in [3.8, 4) is 11.5 Å². The maximum absolute atomic E-state index is 12.2.